The van der Waals surface area contributed by atoms with E-state index in [4.69, 9.17) is 13.9 Å². The van der Waals surface area contributed by atoms with Crippen molar-refractivity contribution in [2.45, 2.75) is 6.92 Å². The number of ether oxygens (including phenoxy) is 2. The summed E-state index contributed by atoms with van der Waals surface area (Å²) in [5.41, 5.74) is 3.18. The largest absolute Gasteiger partial charge is 0.507 e. The molecule has 0 aliphatic heterocycles. The summed E-state index contributed by atoms with van der Waals surface area (Å²) in [6, 6.07) is 11.1. The highest BCUT2D eigenvalue weighted by Gasteiger charge is 2.19. The number of aromatic hydroxyl groups is 1. The van der Waals surface area contributed by atoms with Crippen LogP contribution in [0, 0.1) is 6.92 Å². The zero-order valence-electron chi connectivity index (χ0n) is 13.2. The van der Waals surface area contributed by atoms with E-state index in [1.165, 1.54) is 20.3 Å². The molecule has 0 bridgehead atoms. The van der Waals surface area contributed by atoms with Gasteiger partial charge in [-0.3, -0.25) is 0 Å². The molecule has 0 aliphatic rings. The highest BCUT2D eigenvalue weighted by molar-refractivity contribution is 5.74. The predicted octanol–water partition coefficient (Wildman–Crippen LogP) is 4.04. The molecule has 0 unspecified atom stereocenters. The maximum atomic E-state index is 10.3. The molecule has 0 spiro atoms. The van der Waals surface area contributed by atoms with Crippen LogP contribution < -0.4 is 9.47 Å². The van der Waals surface area contributed by atoms with E-state index < -0.39 is 0 Å². The second-order valence-corrected chi connectivity index (χ2v) is 5.08. The maximum absolute atomic E-state index is 10.3. The standard InChI is InChI=1S/C18H17NO4/c1-11-6-4-5-7-13(11)14-10-23-18(19-14)17-15(20)8-12(21-2)9-16(17)22-3/h4-10,20H,1-3H3. The molecule has 1 N–H and O–H groups in total. The van der Waals surface area contributed by atoms with Crippen molar-refractivity contribution in [3.8, 4) is 40.0 Å². The smallest absolute Gasteiger partial charge is 0.234 e. The molecule has 0 saturated carbocycles. The van der Waals surface area contributed by atoms with E-state index in [-0.39, 0.29) is 5.75 Å². The summed E-state index contributed by atoms with van der Waals surface area (Å²) in [5.74, 6) is 1.20. The Morgan fingerprint density at radius 1 is 1.09 bits per heavy atom. The number of aryl methyl sites for hydroxylation is 1. The summed E-state index contributed by atoms with van der Waals surface area (Å²) in [7, 11) is 3.04. The molecule has 5 heteroatoms. The van der Waals surface area contributed by atoms with Gasteiger partial charge in [-0.05, 0) is 12.5 Å². The quantitative estimate of drug-likeness (QED) is 0.787. The Balaban J connectivity index is 2.09. The first-order chi connectivity index (χ1) is 11.1. The highest BCUT2D eigenvalue weighted by Crippen LogP contribution is 2.41. The third-order valence-electron chi connectivity index (χ3n) is 3.65. The number of methoxy groups -OCH3 is 2. The van der Waals surface area contributed by atoms with Crippen LogP contribution in [0.1, 0.15) is 5.56 Å². The van der Waals surface area contributed by atoms with Gasteiger partial charge in [0.15, 0.2) is 0 Å². The lowest BCUT2D eigenvalue weighted by molar-refractivity contribution is 0.385. The minimum absolute atomic E-state index is 0.0145. The molecule has 5 nitrogen and oxygen atoms in total. The van der Waals surface area contributed by atoms with E-state index in [2.05, 4.69) is 4.98 Å². The summed E-state index contributed by atoms with van der Waals surface area (Å²) in [6.07, 6.45) is 1.57. The van der Waals surface area contributed by atoms with Crippen molar-refractivity contribution in [2.24, 2.45) is 0 Å². The van der Waals surface area contributed by atoms with E-state index in [0.29, 0.717) is 28.6 Å². The minimum atomic E-state index is -0.0145. The fourth-order valence-electron chi connectivity index (χ4n) is 2.44. The number of benzene rings is 2. The Morgan fingerprint density at radius 3 is 2.57 bits per heavy atom. The van der Waals surface area contributed by atoms with Crippen LogP contribution in [0.3, 0.4) is 0 Å². The highest BCUT2D eigenvalue weighted by atomic mass is 16.5. The van der Waals surface area contributed by atoms with Gasteiger partial charge in [-0.2, -0.15) is 0 Å². The van der Waals surface area contributed by atoms with E-state index in [0.717, 1.165) is 11.1 Å². The zero-order valence-corrected chi connectivity index (χ0v) is 13.2. The van der Waals surface area contributed by atoms with Gasteiger partial charge in [0.05, 0.1) is 14.2 Å². The first-order valence-corrected chi connectivity index (χ1v) is 7.11. The molecule has 1 aromatic heterocycles. The second kappa shape index (κ2) is 6.04. The van der Waals surface area contributed by atoms with E-state index in [9.17, 15) is 5.11 Å². The molecule has 3 aromatic rings. The molecule has 2 aromatic carbocycles. The summed E-state index contributed by atoms with van der Waals surface area (Å²) < 4.78 is 16.0. The number of nitrogens with zero attached hydrogens (tertiary/aromatic N) is 1. The summed E-state index contributed by atoms with van der Waals surface area (Å²) in [4.78, 5) is 4.49. The van der Waals surface area contributed by atoms with Crippen LogP contribution in [0.2, 0.25) is 0 Å². The number of rotatable bonds is 4. The normalized spacial score (nSPS) is 10.6. The van der Waals surface area contributed by atoms with Crippen LogP contribution in [-0.4, -0.2) is 24.3 Å². The second-order valence-electron chi connectivity index (χ2n) is 5.08. The molecule has 0 atom stereocenters. The van der Waals surface area contributed by atoms with Gasteiger partial charge in [0.2, 0.25) is 5.89 Å². The van der Waals surface area contributed by atoms with Gasteiger partial charge in [-0.25, -0.2) is 4.98 Å². The van der Waals surface area contributed by atoms with Crippen LogP contribution >= 0.6 is 0 Å². The molecule has 118 valence electrons. The molecule has 1 heterocycles. The number of hydrogen-bond acceptors (Lipinski definition) is 5. The van der Waals surface area contributed by atoms with Crippen molar-refractivity contribution in [2.75, 3.05) is 14.2 Å². The van der Waals surface area contributed by atoms with E-state index >= 15 is 0 Å². The summed E-state index contributed by atoms with van der Waals surface area (Å²) in [6.45, 7) is 2.01. The number of phenolic OH excluding ortho intramolecular Hbond substituents is 1. The molecule has 3 rings (SSSR count). The van der Waals surface area contributed by atoms with Crippen molar-refractivity contribution in [1.82, 2.24) is 4.98 Å². The third kappa shape index (κ3) is 2.73. The number of aromatic nitrogens is 1. The number of oxazole rings is 1. The lowest BCUT2D eigenvalue weighted by Gasteiger charge is -2.10. The minimum Gasteiger partial charge on any atom is -0.507 e. The molecular weight excluding hydrogens is 294 g/mol. The van der Waals surface area contributed by atoms with Gasteiger partial charge in [0, 0.05) is 17.7 Å². The van der Waals surface area contributed by atoms with Crippen LogP contribution in [0.5, 0.6) is 17.2 Å². The van der Waals surface area contributed by atoms with Crippen LogP contribution in [-0.2, 0) is 0 Å². The fourth-order valence-corrected chi connectivity index (χ4v) is 2.44. The average Bonchev–Trinajstić information content (AvgIpc) is 3.03. The van der Waals surface area contributed by atoms with Gasteiger partial charge >= 0.3 is 0 Å². The van der Waals surface area contributed by atoms with Gasteiger partial charge < -0.3 is 19.0 Å². The van der Waals surface area contributed by atoms with E-state index in [1.807, 2.05) is 31.2 Å². The summed E-state index contributed by atoms with van der Waals surface area (Å²) >= 11 is 0. The number of phenols is 1. The maximum Gasteiger partial charge on any atom is 0.234 e. The molecule has 23 heavy (non-hydrogen) atoms. The van der Waals surface area contributed by atoms with Crippen LogP contribution in [0.4, 0.5) is 0 Å². The lowest BCUT2D eigenvalue weighted by atomic mass is 10.1. The molecule has 0 amide bonds. The van der Waals surface area contributed by atoms with Crippen molar-refractivity contribution in [3.05, 3.63) is 48.2 Å². The lowest BCUT2D eigenvalue weighted by Crippen LogP contribution is -1.92. The van der Waals surface area contributed by atoms with Crippen molar-refractivity contribution < 1.29 is 19.0 Å². The van der Waals surface area contributed by atoms with Crippen molar-refractivity contribution in [3.63, 3.8) is 0 Å². The molecule has 0 saturated heterocycles. The van der Waals surface area contributed by atoms with Gasteiger partial charge in [-0.1, -0.05) is 24.3 Å². The van der Waals surface area contributed by atoms with Crippen LogP contribution in [0.25, 0.3) is 22.7 Å². The molecule has 0 fully saturated rings. The molecule has 0 aliphatic carbocycles. The van der Waals surface area contributed by atoms with Crippen molar-refractivity contribution in [1.29, 1.82) is 0 Å². The Bertz CT molecular complexity index is 839. The van der Waals surface area contributed by atoms with Crippen molar-refractivity contribution >= 4 is 0 Å². The van der Waals surface area contributed by atoms with Gasteiger partial charge in [0.1, 0.15) is 34.8 Å². The molecule has 0 radical (unpaired) electrons. The fraction of sp³-hybridized carbons (Fsp3) is 0.167. The van der Waals surface area contributed by atoms with Gasteiger partial charge in [-0.15, -0.1) is 0 Å². The van der Waals surface area contributed by atoms with Gasteiger partial charge in [0.25, 0.3) is 0 Å². The number of hydrogen-bond donors (Lipinski definition) is 1. The topological polar surface area (TPSA) is 64.7 Å². The average molecular weight is 311 g/mol. The first kappa shape index (κ1) is 15.0. The SMILES string of the molecule is COc1cc(O)c(-c2nc(-c3ccccc3C)co2)c(OC)c1. The van der Waals surface area contributed by atoms with Crippen LogP contribution in [0.15, 0.2) is 47.1 Å². The first-order valence-electron chi connectivity index (χ1n) is 7.11. The Kier molecular flexibility index (Phi) is 3.93. The van der Waals surface area contributed by atoms with E-state index in [1.54, 1.807) is 12.3 Å². The predicted molar refractivity (Wildman–Crippen MR) is 86.9 cm³/mol. The summed E-state index contributed by atoms with van der Waals surface area (Å²) in [5, 5.41) is 10.3. The zero-order chi connectivity index (χ0) is 16.4. The molecular formula is C18H17NO4. The Hall–Kier alpha value is -2.95. The Morgan fingerprint density at radius 2 is 1.87 bits per heavy atom. The monoisotopic (exact) mass is 311 g/mol. The Labute approximate surface area is 134 Å². The third-order valence-corrected chi connectivity index (χ3v) is 3.65.